The first-order chi connectivity index (χ1) is 13.3. The minimum atomic E-state index is -0.452. The lowest BCUT2D eigenvalue weighted by molar-refractivity contribution is -0.384. The van der Waals surface area contributed by atoms with Crippen molar-refractivity contribution in [3.8, 4) is 11.4 Å². The largest absolute Gasteiger partial charge is 0.325 e. The average Bonchev–Trinajstić information content (AvgIpc) is 3.00. The summed E-state index contributed by atoms with van der Waals surface area (Å²) in [5.41, 5.74) is 3.51. The molecule has 9 heteroatoms. The number of thioether (sulfide) groups is 1. The molecule has 0 atom stereocenters. The number of nitro benzene ring substituents is 1. The molecule has 0 radical (unpaired) electrons. The van der Waals surface area contributed by atoms with Crippen LogP contribution in [-0.4, -0.2) is 31.3 Å². The number of aryl methyl sites for hydroxylation is 2. The number of nitro groups is 1. The van der Waals surface area contributed by atoms with Gasteiger partial charge in [0.15, 0.2) is 11.0 Å². The number of anilines is 1. The number of nitrogens with one attached hydrogen (secondary N) is 1. The Morgan fingerprint density at radius 3 is 2.57 bits per heavy atom. The third kappa shape index (κ3) is 4.55. The van der Waals surface area contributed by atoms with E-state index in [0.717, 1.165) is 16.8 Å². The lowest BCUT2D eigenvalue weighted by Gasteiger charge is -2.07. The number of aromatic nitrogens is 3. The smallest absolute Gasteiger partial charge is 0.270 e. The van der Waals surface area contributed by atoms with Gasteiger partial charge in [-0.15, -0.1) is 10.2 Å². The summed E-state index contributed by atoms with van der Waals surface area (Å²) < 4.78 is 1.72. The zero-order valence-corrected chi connectivity index (χ0v) is 16.5. The van der Waals surface area contributed by atoms with Gasteiger partial charge >= 0.3 is 0 Å². The normalized spacial score (nSPS) is 10.7. The monoisotopic (exact) mass is 397 g/mol. The van der Waals surface area contributed by atoms with Crippen molar-refractivity contribution in [3.63, 3.8) is 0 Å². The third-order valence-electron chi connectivity index (χ3n) is 3.99. The molecule has 0 aliphatic carbocycles. The van der Waals surface area contributed by atoms with E-state index in [-0.39, 0.29) is 17.3 Å². The van der Waals surface area contributed by atoms with Crippen LogP contribution in [-0.2, 0) is 11.8 Å². The summed E-state index contributed by atoms with van der Waals surface area (Å²) in [5, 5.41) is 22.6. The van der Waals surface area contributed by atoms with Crippen LogP contribution in [0.1, 0.15) is 11.1 Å². The summed E-state index contributed by atoms with van der Waals surface area (Å²) >= 11 is 1.25. The first kappa shape index (κ1) is 19.6. The quantitative estimate of drug-likeness (QED) is 0.386. The molecule has 0 bridgehead atoms. The number of carbonyl (C=O) groups is 1. The van der Waals surface area contributed by atoms with Crippen LogP contribution in [0.25, 0.3) is 11.4 Å². The second-order valence-corrected chi connectivity index (χ2v) is 7.33. The highest BCUT2D eigenvalue weighted by Gasteiger charge is 2.15. The predicted molar refractivity (Wildman–Crippen MR) is 108 cm³/mol. The molecule has 8 nitrogen and oxygen atoms in total. The van der Waals surface area contributed by atoms with Gasteiger partial charge in [0.05, 0.1) is 10.7 Å². The maximum absolute atomic E-state index is 12.3. The highest BCUT2D eigenvalue weighted by atomic mass is 32.2. The fourth-order valence-electron chi connectivity index (χ4n) is 2.82. The van der Waals surface area contributed by atoms with Gasteiger partial charge in [-0.2, -0.15) is 0 Å². The second-order valence-electron chi connectivity index (χ2n) is 6.39. The molecule has 0 saturated heterocycles. The van der Waals surface area contributed by atoms with Crippen LogP contribution in [0.4, 0.5) is 11.4 Å². The zero-order valence-electron chi connectivity index (χ0n) is 15.7. The molecule has 2 aromatic carbocycles. The number of hydrogen-bond acceptors (Lipinski definition) is 6. The van der Waals surface area contributed by atoms with Crippen LogP contribution >= 0.6 is 11.8 Å². The van der Waals surface area contributed by atoms with Crippen molar-refractivity contribution in [1.82, 2.24) is 14.8 Å². The number of non-ortho nitro benzene ring substituents is 1. The Bertz CT molecular complexity index is 1030. The zero-order chi connectivity index (χ0) is 20.3. The number of carbonyl (C=O) groups excluding carboxylic acids is 1. The molecule has 0 aliphatic heterocycles. The highest BCUT2D eigenvalue weighted by molar-refractivity contribution is 7.99. The molecule has 144 valence electrons. The Kier molecular flexibility index (Phi) is 5.74. The van der Waals surface area contributed by atoms with Crippen molar-refractivity contribution >= 4 is 29.0 Å². The molecule has 3 rings (SSSR count). The summed E-state index contributed by atoms with van der Waals surface area (Å²) in [4.78, 5) is 22.8. The van der Waals surface area contributed by atoms with Crippen LogP contribution < -0.4 is 5.32 Å². The van der Waals surface area contributed by atoms with E-state index < -0.39 is 4.92 Å². The minimum absolute atomic E-state index is 0.0115. The first-order valence-corrected chi connectivity index (χ1v) is 9.47. The Morgan fingerprint density at radius 1 is 1.18 bits per heavy atom. The fraction of sp³-hybridized carbons (Fsp3) is 0.211. The lowest BCUT2D eigenvalue weighted by Crippen LogP contribution is -2.14. The number of nitrogens with zero attached hydrogens (tertiary/aromatic N) is 4. The van der Waals surface area contributed by atoms with Gasteiger partial charge in [-0.05, 0) is 37.1 Å². The van der Waals surface area contributed by atoms with E-state index in [9.17, 15) is 14.9 Å². The molecule has 1 aromatic heterocycles. The van der Waals surface area contributed by atoms with E-state index >= 15 is 0 Å². The Hall–Kier alpha value is -3.20. The topological polar surface area (TPSA) is 103 Å². The molecular formula is C19H19N5O3S. The summed E-state index contributed by atoms with van der Waals surface area (Å²) in [6.45, 7) is 3.96. The molecular weight excluding hydrogens is 378 g/mol. The maximum atomic E-state index is 12.3. The lowest BCUT2D eigenvalue weighted by atomic mass is 10.1. The SMILES string of the molecule is Cc1cc(C)cc(NC(=O)CSc2nnc(-c3cccc([N+](=O)[O-])c3)n2C)c1. The molecule has 0 saturated carbocycles. The summed E-state index contributed by atoms with van der Waals surface area (Å²) in [7, 11) is 1.76. The fourth-order valence-corrected chi connectivity index (χ4v) is 3.54. The van der Waals surface area contributed by atoms with E-state index in [1.807, 2.05) is 32.0 Å². The Balaban J connectivity index is 1.68. The van der Waals surface area contributed by atoms with Crippen LogP contribution in [0.15, 0.2) is 47.6 Å². The van der Waals surface area contributed by atoms with Gasteiger partial charge in [0.25, 0.3) is 5.69 Å². The van der Waals surface area contributed by atoms with Gasteiger partial charge in [0.2, 0.25) is 5.91 Å². The Labute approximate surface area is 166 Å². The molecule has 1 amide bonds. The van der Waals surface area contributed by atoms with Crippen molar-refractivity contribution < 1.29 is 9.72 Å². The third-order valence-corrected chi connectivity index (χ3v) is 5.01. The number of rotatable bonds is 6. The van der Waals surface area contributed by atoms with Crippen LogP contribution in [0.5, 0.6) is 0 Å². The van der Waals surface area contributed by atoms with Crippen molar-refractivity contribution in [2.24, 2.45) is 7.05 Å². The van der Waals surface area contributed by atoms with E-state index in [0.29, 0.717) is 16.5 Å². The number of hydrogen-bond donors (Lipinski definition) is 1. The van der Waals surface area contributed by atoms with E-state index in [1.54, 1.807) is 23.7 Å². The van der Waals surface area contributed by atoms with Crippen molar-refractivity contribution in [1.29, 1.82) is 0 Å². The first-order valence-electron chi connectivity index (χ1n) is 8.48. The van der Waals surface area contributed by atoms with E-state index in [1.165, 1.54) is 23.9 Å². The predicted octanol–water partition coefficient (Wildman–Crippen LogP) is 3.74. The molecule has 1 N–H and O–H groups in total. The second kappa shape index (κ2) is 8.22. The summed E-state index contributed by atoms with van der Waals surface area (Å²) in [6, 6.07) is 12.1. The van der Waals surface area contributed by atoms with Crippen molar-refractivity contribution in [3.05, 3.63) is 63.7 Å². The molecule has 0 unspecified atom stereocenters. The van der Waals surface area contributed by atoms with Gasteiger partial charge < -0.3 is 9.88 Å². The van der Waals surface area contributed by atoms with Gasteiger partial charge in [0.1, 0.15) is 0 Å². The number of amides is 1. The van der Waals surface area contributed by atoms with Gasteiger partial charge in [-0.1, -0.05) is 30.0 Å². The number of benzene rings is 2. The van der Waals surface area contributed by atoms with Gasteiger partial charge in [-0.25, -0.2) is 0 Å². The van der Waals surface area contributed by atoms with E-state index in [2.05, 4.69) is 15.5 Å². The van der Waals surface area contributed by atoms with Crippen LogP contribution in [0.3, 0.4) is 0 Å². The molecule has 0 spiro atoms. The standard InChI is InChI=1S/C19H19N5O3S/c1-12-7-13(2)9-15(8-12)20-17(25)11-28-19-22-21-18(23(19)3)14-5-4-6-16(10-14)24(26)27/h4-10H,11H2,1-3H3,(H,20,25). The molecule has 1 heterocycles. The van der Waals surface area contributed by atoms with Gasteiger partial charge in [0, 0.05) is 30.4 Å². The summed E-state index contributed by atoms with van der Waals surface area (Å²) in [5.74, 6) is 0.532. The van der Waals surface area contributed by atoms with Crippen molar-refractivity contribution in [2.75, 3.05) is 11.1 Å². The maximum Gasteiger partial charge on any atom is 0.270 e. The molecule has 3 aromatic rings. The molecule has 0 fully saturated rings. The van der Waals surface area contributed by atoms with Crippen molar-refractivity contribution in [2.45, 2.75) is 19.0 Å². The minimum Gasteiger partial charge on any atom is -0.325 e. The van der Waals surface area contributed by atoms with Crippen LogP contribution in [0, 0.1) is 24.0 Å². The molecule has 28 heavy (non-hydrogen) atoms. The molecule has 0 aliphatic rings. The Morgan fingerprint density at radius 2 is 1.89 bits per heavy atom. The highest BCUT2D eigenvalue weighted by Crippen LogP contribution is 2.25. The summed E-state index contributed by atoms with van der Waals surface area (Å²) in [6.07, 6.45) is 0. The average molecular weight is 397 g/mol. The van der Waals surface area contributed by atoms with Crippen LogP contribution in [0.2, 0.25) is 0 Å². The van der Waals surface area contributed by atoms with E-state index in [4.69, 9.17) is 0 Å². The van der Waals surface area contributed by atoms with Gasteiger partial charge in [-0.3, -0.25) is 14.9 Å².